The van der Waals surface area contributed by atoms with Crippen molar-refractivity contribution in [1.29, 1.82) is 0 Å². The van der Waals surface area contributed by atoms with E-state index in [-0.39, 0.29) is 0 Å². The van der Waals surface area contributed by atoms with Gasteiger partial charge in [0.15, 0.2) is 0 Å². The zero-order chi connectivity index (χ0) is 9.84. The largest absolute Gasteiger partial charge is 0.388 e. The topological polar surface area (TPSA) is 46.2 Å². The molecule has 13 heavy (non-hydrogen) atoms. The summed E-state index contributed by atoms with van der Waals surface area (Å²) < 4.78 is 0.999. The SMILES string of the molecule is Cc1cc(Br)cc(C(O)CCN)c1. The lowest BCUT2D eigenvalue weighted by Crippen LogP contribution is -2.06. The van der Waals surface area contributed by atoms with Crippen molar-refractivity contribution in [1.82, 2.24) is 0 Å². The Labute approximate surface area is 86.9 Å². The highest BCUT2D eigenvalue weighted by atomic mass is 79.9. The molecule has 1 aromatic rings. The summed E-state index contributed by atoms with van der Waals surface area (Å²) in [5.41, 5.74) is 7.44. The van der Waals surface area contributed by atoms with Crippen LogP contribution in [0.25, 0.3) is 0 Å². The molecule has 1 aromatic carbocycles. The van der Waals surface area contributed by atoms with Gasteiger partial charge in [-0.05, 0) is 43.1 Å². The van der Waals surface area contributed by atoms with Crippen LogP contribution in [0.1, 0.15) is 23.7 Å². The molecule has 1 rings (SSSR count). The third-order valence-electron chi connectivity index (χ3n) is 1.89. The smallest absolute Gasteiger partial charge is 0.0802 e. The van der Waals surface area contributed by atoms with Crippen molar-refractivity contribution in [3.8, 4) is 0 Å². The molecular formula is C10H14BrNO. The fourth-order valence-electron chi connectivity index (χ4n) is 1.28. The molecule has 0 aliphatic rings. The van der Waals surface area contributed by atoms with Crippen LogP contribution in [0.4, 0.5) is 0 Å². The van der Waals surface area contributed by atoms with Crippen LogP contribution >= 0.6 is 15.9 Å². The number of aliphatic hydroxyl groups excluding tert-OH is 1. The van der Waals surface area contributed by atoms with Gasteiger partial charge in [-0.3, -0.25) is 0 Å². The van der Waals surface area contributed by atoms with Gasteiger partial charge in [0.1, 0.15) is 0 Å². The lowest BCUT2D eigenvalue weighted by molar-refractivity contribution is 0.170. The summed E-state index contributed by atoms with van der Waals surface area (Å²) in [6.07, 6.45) is 0.164. The Hall–Kier alpha value is -0.380. The molecule has 0 fully saturated rings. The molecule has 0 amide bonds. The molecule has 0 bridgehead atoms. The molecule has 1 unspecified atom stereocenters. The lowest BCUT2D eigenvalue weighted by Gasteiger charge is -2.10. The van der Waals surface area contributed by atoms with Gasteiger partial charge >= 0.3 is 0 Å². The number of hydrogen-bond donors (Lipinski definition) is 2. The first-order valence-corrected chi connectivity index (χ1v) is 5.08. The quantitative estimate of drug-likeness (QED) is 0.855. The second-order valence-corrected chi connectivity index (χ2v) is 4.07. The highest BCUT2D eigenvalue weighted by Gasteiger charge is 2.06. The van der Waals surface area contributed by atoms with Crippen molar-refractivity contribution in [2.24, 2.45) is 5.73 Å². The third-order valence-corrected chi connectivity index (χ3v) is 2.35. The van der Waals surface area contributed by atoms with E-state index in [4.69, 9.17) is 5.73 Å². The summed E-state index contributed by atoms with van der Waals surface area (Å²) in [4.78, 5) is 0. The van der Waals surface area contributed by atoms with Crippen LogP contribution in [-0.2, 0) is 0 Å². The molecule has 0 aromatic heterocycles. The summed E-state index contributed by atoms with van der Waals surface area (Å²) in [7, 11) is 0. The van der Waals surface area contributed by atoms with Crippen molar-refractivity contribution in [2.45, 2.75) is 19.4 Å². The van der Waals surface area contributed by atoms with Gasteiger partial charge in [0.25, 0.3) is 0 Å². The van der Waals surface area contributed by atoms with Crippen LogP contribution in [0, 0.1) is 6.92 Å². The van der Waals surface area contributed by atoms with Gasteiger partial charge in [0.05, 0.1) is 6.10 Å². The molecule has 0 saturated carbocycles. The van der Waals surface area contributed by atoms with E-state index in [1.54, 1.807) is 0 Å². The number of aliphatic hydroxyl groups is 1. The Bertz CT molecular complexity index is 268. The first-order chi connectivity index (χ1) is 6.13. The summed E-state index contributed by atoms with van der Waals surface area (Å²) in [5, 5.41) is 9.67. The average Bonchev–Trinajstić information content (AvgIpc) is 2.03. The zero-order valence-electron chi connectivity index (χ0n) is 7.63. The standard InChI is InChI=1S/C10H14BrNO/c1-7-4-8(6-9(11)5-7)10(13)2-3-12/h4-6,10,13H,2-3,12H2,1H3. The normalized spacial score (nSPS) is 12.9. The molecule has 3 N–H and O–H groups in total. The minimum Gasteiger partial charge on any atom is -0.388 e. The van der Waals surface area contributed by atoms with Crippen LogP contribution in [0.5, 0.6) is 0 Å². The van der Waals surface area contributed by atoms with E-state index in [0.717, 1.165) is 15.6 Å². The maximum atomic E-state index is 9.67. The molecule has 0 aliphatic carbocycles. The van der Waals surface area contributed by atoms with Gasteiger partial charge in [-0.15, -0.1) is 0 Å². The summed E-state index contributed by atoms with van der Waals surface area (Å²) in [6.45, 7) is 2.51. The highest BCUT2D eigenvalue weighted by Crippen LogP contribution is 2.22. The van der Waals surface area contributed by atoms with Gasteiger partial charge in [-0.1, -0.05) is 22.0 Å². The van der Waals surface area contributed by atoms with E-state index in [9.17, 15) is 5.11 Å². The fraction of sp³-hybridized carbons (Fsp3) is 0.400. The van der Waals surface area contributed by atoms with E-state index in [1.165, 1.54) is 0 Å². The van der Waals surface area contributed by atoms with Crippen molar-refractivity contribution < 1.29 is 5.11 Å². The Morgan fingerprint density at radius 1 is 1.46 bits per heavy atom. The molecular weight excluding hydrogens is 230 g/mol. The van der Waals surface area contributed by atoms with Crippen LogP contribution < -0.4 is 5.73 Å². The van der Waals surface area contributed by atoms with Gasteiger partial charge in [-0.2, -0.15) is 0 Å². The molecule has 1 atom stereocenters. The van der Waals surface area contributed by atoms with Crippen molar-refractivity contribution >= 4 is 15.9 Å². The van der Waals surface area contributed by atoms with E-state index in [2.05, 4.69) is 15.9 Å². The Kier molecular flexibility index (Phi) is 3.90. The van der Waals surface area contributed by atoms with Gasteiger partial charge < -0.3 is 10.8 Å². The number of benzene rings is 1. The lowest BCUT2D eigenvalue weighted by atomic mass is 10.0. The van der Waals surface area contributed by atoms with E-state index in [0.29, 0.717) is 13.0 Å². The van der Waals surface area contributed by atoms with E-state index < -0.39 is 6.10 Å². The maximum Gasteiger partial charge on any atom is 0.0802 e. The van der Waals surface area contributed by atoms with E-state index in [1.807, 2.05) is 25.1 Å². The number of nitrogens with two attached hydrogens (primary N) is 1. The fourth-order valence-corrected chi connectivity index (χ4v) is 1.91. The first kappa shape index (κ1) is 10.7. The zero-order valence-corrected chi connectivity index (χ0v) is 9.21. The number of rotatable bonds is 3. The molecule has 2 nitrogen and oxygen atoms in total. The second-order valence-electron chi connectivity index (χ2n) is 3.16. The Morgan fingerprint density at radius 2 is 2.15 bits per heavy atom. The molecule has 0 saturated heterocycles. The molecule has 0 spiro atoms. The molecule has 0 heterocycles. The van der Waals surface area contributed by atoms with Gasteiger partial charge in [0, 0.05) is 4.47 Å². The summed E-state index contributed by atoms with van der Waals surface area (Å²) >= 11 is 3.39. The maximum absolute atomic E-state index is 9.67. The van der Waals surface area contributed by atoms with Crippen molar-refractivity contribution in [3.05, 3.63) is 33.8 Å². The average molecular weight is 244 g/mol. The summed E-state index contributed by atoms with van der Waals surface area (Å²) in [6, 6.07) is 5.91. The summed E-state index contributed by atoms with van der Waals surface area (Å²) in [5.74, 6) is 0. The molecule has 72 valence electrons. The molecule has 0 radical (unpaired) electrons. The molecule has 3 heteroatoms. The van der Waals surface area contributed by atoms with Crippen LogP contribution in [0.3, 0.4) is 0 Å². The highest BCUT2D eigenvalue weighted by molar-refractivity contribution is 9.10. The van der Waals surface area contributed by atoms with Crippen LogP contribution in [0.15, 0.2) is 22.7 Å². The first-order valence-electron chi connectivity index (χ1n) is 4.28. The second kappa shape index (κ2) is 4.74. The number of halogens is 1. The number of aryl methyl sites for hydroxylation is 1. The predicted octanol–water partition coefficient (Wildman–Crippen LogP) is 2.14. The molecule has 0 aliphatic heterocycles. The van der Waals surface area contributed by atoms with Crippen molar-refractivity contribution in [2.75, 3.05) is 6.54 Å². The van der Waals surface area contributed by atoms with Crippen LogP contribution in [0.2, 0.25) is 0 Å². The van der Waals surface area contributed by atoms with Crippen LogP contribution in [-0.4, -0.2) is 11.7 Å². The van der Waals surface area contributed by atoms with Crippen molar-refractivity contribution in [3.63, 3.8) is 0 Å². The monoisotopic (exact) mass is 243 g/mol. The van der Waals surface area contributed by atoms with Gasteiger partial charge in [0.2, 0.25) is 0 Å². The minimum atomic E-state index is -0.443. The Morgan fingerprint density at radius 3 is 2.69 bits per heavy atom. The predicted molar refractivity (Wildman–Crippen MR) is 57.5 cm³/mol. The minimum absolute atomic E-state index is 0.443. The van der Waals surface area contributed by atoms with Gasteiger partial charge in [-0.25, -0.2) is 0 Å². The van der Waals surface area contributed by atoms with E-state index >= 15 is 0 Å². The number of hydrogen-bond acceptors (Lipinski definition) is 2. The Balaban J connectivity index is 2.87. The third kappa shape index (κ3) is 3.10.